The fourth-order valence-electron chi connectivity index (χ4n) is 4.78. The number of methoxy groups -OCH3 is 2. The third-order valence-electron chi connectivity index (χ3n) is 6.32. The molecular weight excluding hydrogens is 440 g/mol. The second-order valence-electron chi connectivity index (χ2n) is 8.22. The van der Waals surface area contributed by atoms with Crippen LogP contribution < -0.4 is 19.8 Å². The van der Waals surface area contributed by atoms with Gasteiger partial charge < -0.3 is 14.2 Å². The van der Waals surface area contributed by atoms with Crippen molar-refractivity contribution in [3.05, 3.63) is 94.9 Å². The van der Waals surface area contributed by atoms with Crippen molar-refractivity contribution in [3.63, 3.8) is 0 Å². The minimum absolute atomic E-state index is 0.171. The summed E-state index contributed by atoms with van der Waals surface area (Å²) >= 11 is 0. The van der Waals surface area contributed by atoms with Crippen molar-refractivity contribution < 1.29 is 14.2 Å². The molecule has 3 heterocycles. The van der Waals surface area contributed by atoms with Gasteiger partial charge in [-0.15, -0.1) is 0 Å². The van der Waals surface area contributed by atoms with Crippen LogP contribution in [-0.2, 0) is 0 Å². The third-order valence-corrected chi connectivity index (χ3v) is 6.32. The first kappa shape index (κ1) is 21.0. The SMILES string of the molecule is COc1ccc2c(c1OC)c(=O)n1c3ccc(OC/C=C/c4ccccc4)cc3c3ccnc2c31. The van der Waals surface area contributed by atoms with E-state index in [1.807, 2.05) is 72.8 Å². The summed E-state index contributed by atoms with van der Waals surface area (Å²) in [7, 11) is 3.10. The summed E-state index contributed by atoms with van der Waals surface area (Å²) in [5.41, 5.74) is 3.27. The highest BCUT2D eigenvalue weighted by Gasteiger charge is 2.22. The Balaban J connectivity index is 1.51. The van der Waals surface area contributed by atoms with Crippen LogP contribution in [-0.4, -0.2) is 30.2 Å². The smallest absolute Gasteiger partial charge is 0.267 e. The molecule has 0 bridgehead atoms. The van der Waals surface area contributed by atoms with Crippen LogP contribution in [0, 0.1) is 0 Å². The Hall–Kier alpha value is -4.58. The topological polar surface area (TPSA) is 62.1 Å². The van der Waals surface area contributed by atoms with Crippen LogP contribution in [0.5, 0.6) is 17.2 Å². The molecule has 0 aliphatic rings. The molecule has 0 N–H and O–H groups in total. The van der Waals surface area contributed by atoms with E-state index in [1.165, 1.54) is 0 Å². The summed E-state index contributed by atoms with van der Waals surface area (Å²) in [4.78, 5) is 18.4. The number of hydrogen-bond acceptors (Lipinski definition) is 5. The van der Waals surface area contributed by atoms with E-state index >= 15 is 0 Å². The first-order chi connectivity index (χ1) is 17.2. The predicted molar refractivity (Wildman–Crippen MR) is 139 cm³/mol. The number of ether oxygens (including phenoxy) is 3. The van der Waals surface area contributed by atoms with Gasteiger partial charge in [0.05, 0.1) is 36.2 Å². The number of fused-ring (bicyclic) bond motifs is 5. The lowest BCUT2D eigenvalue weighted by Crippen LogP contribution is -2.14. The van der Waals surface area contributed by atoms with E-state index in [9.17, 15) is 4.79 Å². The molecule has 6 nitrogen and oxygen atoms in total. The van der Waals surface area contributed by atoms with Gasteiger partial charge in [0.1, 0.15) is 12.4 Å². The molecule has 0 radical (unpaired) electrons. The van der Waals surface area contributed by atoms with Crippen molar-refractivity contribution >= 4 is 44.2 Å². The monoisotopic (exact) mass is 462 g/mol. The lowest BCUT2D eigenvalue weighted by Gasteiger charge is -2.12. The molecule has 0 amide bonds. The van der Waals surface area contributed by atoms with Crippen LogP contribution in [0.15, 0.2) is 83.8 Å². The largest absolute Gasteiger partial charge is 0.493 e. The van der Waals surface area contributed by atoms with Crippen molar-refractivity contribution in [3.8, 4) is 17.2 Å². The van der Waals surface area contributed by atoms with E-state index in [4.69, 9.17) is 14.2 Å². The van der Waals surface area contributed by atoms with Crippen LogP contribution in [0.3, 0.4) is 0 Å². The highest BCUT2D eigenvalue weighted by atomic mass is 16.5. The molecule has 3 aromatic heterocycles. The third kappa shape index (κ3) is 3.26. The molecule has 35 heavy (non-hydrogen) atoms. The standard InChI is InChI=1S/C29H22N2O4/c1-33-24-13-11-21-25(28(24)34-2)29(32)31-23-12-10-19(35-16-6-9-18-7-4-3-5-8-18)17-22(23)20-14-15-30-26(21)27(20)31/h3-15,17H,16H2,1-2H3/b9-6+. The minimum Gasteiger partial charge on any atom is -0.493 e. The van der Waals surface area contributed by atoms with Crippen LogP contribution in [0.2, 0.25) is 0 Å². The summed E-state index contributed by atoms with van der Waals surface area (Å²) < 4.78 is 18.8. The van der Waals surface area contributed by atoms with Gasteiger partial charge in [0.2, 0.25) is 0 Å². The second-order valence-corrected chi connectivity index (χ2v) is 8.22. The number of pyridine rings is 2. The molecule has 172 valence electrons. The van der Waals surface area contributed by atoms with Crippen molar-refractivity contribution in [2.45, 2.75) is 0 Å². The van der Waals surface area contributed by atoms with Crippen LogP contribution in [0.1, 0.15) is 5.56 Å². The summed E-state index contributed by atoms with van der Waals surface area (Å²) in [6.45, 7) is 0.438. The number of rotatable bonds is 6. The molecule has 0 fully saturated rings. The molecule has 6 heteroatoms. The van der Waals surface area contributed by atoms with Gasteiger partial charge in [-0.25, -0.2) is 0 Å². The summed E-state index contributed by atoms with van der Waals surface area (Å²) in [5.74, 6) is 1.65. The molecular formula is C29H22N2O4. The quantitative estimate of drug-likeness (QED) is 0.297. The Kier molecular flexibility index (Phi) is 4.99. The van der Waals surface area contributed by atoms with Gasteiger partial charge in [0.15, 0.2) is 11.5 Å². The molecule has 6 rings (SSSR count). The zero-order chi connectivity index (χ0) is 23.9. The summed E-state index contributed by atoms with van der Waals surface area (Å²) in [6.07, 6.45) is 5.79. The second kappa shape index (κ2) is 8.33. The lowest BCUT2D eigenvalue weighted by molar-refractivity contribution is 0.358. The first-order valence-electron chi connectivity index (χ1n) is 11.3. The van der Waals surface area contributed by atoms with Crippen molar-refractivity contribution in [1.29, 1.82) is 0 Å². The van der Waals surface area contributed by atoms with Crippen LogP contribution in [0.4, 0.5) is 0 Å². The first-order valence-corrected chi connectivity index (χ1v) is 11.3. The van der Waals surface area contributed by atoms with Gasteiger partial charge in [0, 0.05) is 22.4 Å². The van der Waals surface area contributed by atoms with Crippen molar-refractivity contribution in [2.24, 2.45) is 0 Å². The summed E-state index contributed by atoms with van der Waals surface area (Å²) in [5, 5.41) is 3.06. The number of nitrogens with zero attached hydrogens (tertiary/aromatic N) is 2. The molecule has 0 spiro atoms. The molecule has 0 atom stereocenters. The van der Waals surface area contributed by atoms with E-state index in [-0.39, 0.29) is 5.56 Å². The number of hydrogen-bond donors (Lipinski definition) is 0. The van der Waals surface area contributed by atoms with Gasteiger partial charge in [0.25, 0.3) is 5.56 Å². The Morgan fingerprint density at radius 3 is 2.57 bits per heavy atom. The van der Waals surface area contributed by atoms with E-state index in [1.54, 1.807) is 30.9 Å². The van der Waals surface area contributed by atoms with E-state index < -0.39 is 0 Å². The Labute approximate surface area is 200 Å². The Morgan fingerprint density at radius 2 is 1.77 bits per heavy atom. The summed E-state index contributed by atoms with van der Waals surface area (Å²) in [6, 6.07) is 21.5. The minimum atomic E-state index is -0.171. The zero-order valence-electron chi connectivity index (χ0n) is 19.3. The number of benzene rings is 3. The molecule has 0 aliphatic carbocycles. The zero-order valence-corrected chi connectivity index (χ0v) is 19.3. The van der Waals surface area contributed by atoms with E-state index in [2.05, 4.69) is 4.98 Å². The molecule has 6 aromatic rings. The average Bonchev–Trinajstić information content (AvgIpc) is 3.24. The molecule has 0 saturated carbocycles. The highest BCUT2D eigenvalue weighted by molar-refractivity contribution is 6.19. The molecule has 0 saturated heterocycles. The fraction of sp³-hybridized carbons (Fsp3) is 0.103. The average molecular weight is 463 g/mol. The highest BCUT2D eigenvalue weighted by Crippen LogP contribution is 2.39. The van der Waals surface area contributed by atoms with Crippen LogP contribution in [0.25, 0.3) is 44.2 Å². The normalized spacial score (nSPS) is 11.8. The van der Waals surface area contributed by atoms with Crippen molar-refractivity contribution in [2.75, 3.05) is 20.8 Å². The predicted octanol–water partition coefficient (Wildman–Crippen LogP) is 5.70. The molecule has 0 aliphatic heterocycles. The Morgan fingerprint density at radius 1 is 0.914 bits per heavy atom. The van der Waals surface area contributed by atoms with Crippen molar-refractivity contribution in [1.82, 2.24) is 9.38 Å². The molecule has 3 aromatic carbocycles. The van der Waals surface area contributed by atoms with Crippen LogP contribution >= 0.6 is 0 Å². The lowest BCUT2D eigenvalue weighted by atomic mass is 10.1. The number of aromatic nitrogens is 2. The van der Waals surface area contributed by atoms with Gasteiger partial charge in [-0.2, -0.15) is 0 Å². The maximum absolute atomic E-state index is 13.8. The van der Waals surface area contributed by atoms with Gasteiger partial charge >= 0.3 is 0 Å². The van der Waals surface area contributed by atoms with Gasteiger partial charge in [-0.05, 0) is 48.0 Å². The maximum atomic E-state index is 13.8. The van der Waals surface area contributed by atoms with Gasteiger partial charge in [-0.3, -0.25) is 14.2 Å². The van der Waals surface area contributed by atoms with E-state index in [0.29, 0.717) is 23.5 Å². The Bertz CT molecular complexity index is 1790. The van der Waals surface area contributed by atoms with Gasteiger partial charge in [-0.1, -0.05) is 36.4 Å². The van der Waals surface area contributed by atoms with E-state index in [0.717, 1.165) is 44.0 Å². The maximum Gasteiger partial charge on any atom is 0.267 e. The fourth-order valence-corrected chi connectivity index (χ4v) is 4.78. The molecule has 0 unspecified atom stereocenters.